The molecule has 134 valence electrons. The minimum atomic E-state index is -3.10. The highest BCUT2D eigenvalue weighted by Gasteiger charge is 2.59. The summed E-state index contributed by atoms with van der Waals surface area (Å²) in [5, 5.41) is 2.98. The summed E-state index contributed by atoms with van der Waals surface area (Å²) in [5.74, 6) is 0.309. The van der Waals surface area contributed by atoms with Gasteiger partial charge in [0.05, 0.1) is 5.25 Å². The number of carbonyl (C=O) groups is 1. The van der Waals surface area contributed by atoms with Crippen molar-refractivity contribution in [2.75, 3.05) is 26.4 Å². The van der Waals surface area contributed by atoms with Crippen LogP contribution in [0, 0.1) is 11.3 Å². The van der Waals surface area contributed by atoms with Crippen LogP contribution in [0.2, 0.25) is 0 Å². The van der Waals surface area contributed by atoms with Crippen LogP contribution in [0.5, 0.6) is 0 Å². The molecule has 1 amide bonds. The van der Waals surface area contributed by atoms with E-state index >= 15 is 0 Å². The largest absolute Gasteiger partial charge is 0.341 e. The monoisotopic (exact) mass is 364 g/mol. The van der Waals surface area contributed by atoms with Crippen LogP contribution in [0.1, 0.15) is 44.9 Å². The molecule has 1 N–H and O–H groups in total. The Balaban J connectivity index is 0.00000192. The number of halogens is 1. The van der Waals surface area contributed by atoms with Crippen molar-refractivity contribution in [3.8, 4) is 0 Å². The second-order valence-corrected chi connectivity index (χ2v) is 9.80. The van der Waals surface area contributed by atoms with Crippen molar-refractivity contribution in [2.24, 2.45) is 11.3 Å². The van der Waals surface area contributed by atoms with Crippen LogP contribution in [-0.2, 0) is 14.6 Å². The normalized spacial score (nSPS) is 32.9. The van der Waals surface area contributed by atoms with Crippen molar-refractivity contribution in [1.82, 2.24) is 10.2 Å². The van der Waals surface area contributed by atoms with E-state index in [2.05, 4.69) is 5.32 Å². The number of hydrogen-bond donors (Lipinski definition) is 1. The van der Waals surface area contributed by atoms with Gasteiger partial charge in [0, 0.05) is 25.3 Å². The minimum Gasteiger partial charge on any atom is -0.341 e. The molecule has 3 rings (SSSR count). The van der Waals surface area contributed by atoms with Crippen LogP contribution >= 0.6 is 12.4 Å². The summed E-state index contributed by atoms with van der Waals surface area (Å²) in [6, 6.07) is -0.129. The van der Waals surface area contributed by atoms with Crippen LogP contribution in [0.4, 0.5) is 0 Å². The maximum absolute atomic E-state index is 12.9. The Morgan fingerprint density at radius 3 is 2.39 bits per heavy atom. The highest BCUT2D eigenvalue weighted by Crippen LogP contribution is 2.59. The first-order chi connectivity index (χ1) is 10.4. The Hall–Kier alpha value is -0.330. The van der Waals surface area contributed by atoms with Crippen LogP contribution in [-0.4, -0.2) is 56.9 Å². The van der Waals surface area contributed by atoms with Gasteiger partial charge in [-0.25, -0.2) is 8.42 Å². The van der Waals surface area contributed by atoms with Gasteiger partial charge >= 0.3 is 0 Å². The van der Waals surface area contributed by atoms with E-state index in [1.165, 1.54) is 6.26 Å². The van der Waals surface area contributed by atoms with Crippen LogP contribution in [0.15, 0.2) is 0 Å². The Morgan fingerprint density at radius 1 is 1.17 bits per heavy atom. The number of amides is 1. The van der Waals surface area contributed by atoms with Crippen molar-refractivity contribution < 1.29 is 13.2 Å². The van der Waals surface area contributed by atoms with Gasteiger partial charge in [0.25, 0.3) is 0 Å². The molecule has 2 aliphatic carbocycles. The summed E-state index contributed by atoms with van der Waals surface area (Å²) < 4.78 is 24.1. The Morgan fingerprint density at radius 2 is 1.78 bits per heavy atom. The summed E-state index contributed by atoms with van der Waals surface area (Å²) in [6.45, 7) is 2.01. The van der Waals surface area contributed by atoms with E-state index < -0.39 is 9.84 Å². The molecule has 3 aliphatic rings. The lowest BCUT2D eigenvalue weighted by atomic mass is 9.90. The fraction of sp³-hybridized carbons (Fsp3) is 0.938. The summed E-state index contributed by atoms with van der Waals surface area (Å²) in [5.41, 5.74) is 0.214. The van der Waals surface area contributed by atoms with Gasteiger partial charge in [0.2, 0.25) is 5.91 Å². The third-order valence-corrected chi connectivity index (χ3v) is 7.80. The summed E-state index contributed by atoms with van der Waals surface area (Å²) in [4.78, 5) is 14.6. The number of hydrogen-bond acceptors (Lipinski definition) is 4. The van der Waals surface area contributed by atoms with Gasteiger partial charge in [0.1, 0.15) is 0 Å². The van der Waals surface area contributed by atoms with Gasteiger partial charge in [0.15, 0.2) is 9.84 Å². The summed E-state index contributed by atoms with van der Waals surface area (Å²) >= 11 is 0. The zero-order chi connectivity index (χ0) is 16.0. The van der Waals surface area contributed by atoms with E-state index in [1.54, 1.807) is 4.90 Å². The molecule has 0 bridgehead atoms. The lowest BCUT2D eigenvalue weighted by Gasteiger charge is -2.37. The van der Waals surface area contributed by atoms with Gasteiger partial charge in [-0.15, -0.1) is 12.4 Å². The fourth-order valence-corrected chi connectivity index (χ4v) is 6.09. The Kier molecular flexibility index (Phi) is 5.69. The zero-order valence-electron chi connectivity index (χ0n) is 14.1. The summed E-state index contributed by atoms with van der Waals surface area (Å²) in [7, 11) is -1.27. The second kappa shape index (κ2) is 6.89. The molecule has 1 aliphatic heterocycles. The lowest BCUT2D eigenvalue weighted by molar-refractivity contribution is -0.134. The average molecular weight is 365 g/mol. The van der Waals surface area contributed by atoms with E-state index in [9.17, 15) is 13.2 Å². The molecule has 0 aromatic heterocycles. The molecular formula is C16H29ClN2O3S. The molecule has 3 atom stereocenters. The lowest BCUT2D eigenvalue weighted by Crippen LogP contribution is -2.50. The molecule has 1 saturated heterocycles. The highest BCUT2D eigenvalue weighted by atomic mass is 35.5. The maximum atomic E-state index is 12.9. The quantitative estimate of drug-likeness (QED) is 0.826. The first kappa shape index (κ1) is 19.0. The van der Waals surface area contributed by atoms with Crippen molar-refractivity contribution in [2.45, 2.75) is 56.2 Å². The predicted octanol–water partition coefficient (Wildman–Crippen LogP) is 1.61. The van der Waals surface area contributed by atoms with Gasteiger partial charge in [-0.05, 0) is 50.6 Å². The molecule has 5 nitrogen and oxygen atoms in total. The zero-order valence-corrected chi connectivity index (χ0v) is 15.7. The van der Waals surface area contributed by atoms with Crippen LogP contribution in [0.25, 0.3) is 0 Å². The molecule has 3 unspecified atom stereocenters. The van der Waals surface area contributed by atoms with Crippen LogP contribution in [0.3, 0.4) is 0 Å². The molecule has 23 heavy (non-hydrogen) atoms. The fourth-order valence-electron chi connectivity index (χ4n) is 4.60. The molecule has 3 fully saturated rings. The molecular weight excluding hydrogens is 336 g/mol. The average Bonchev–Trinajstić information content (AvgIpc) is 3.18. The predicted molar refractivity (Wildman–Crippen MR) is 93.5 cm³/mol. The standard InChI is InChI=1S/C16H28N2O3S.ClH/c1-18(13-5-3-4-6-14(13)22(2,20)21)15(19)12-11-16(12)7-9-17-10-8-16;/h12-14,17H,3-11H2,1-2H3;1H. The minimum absolute atomic E-state index is 0. The van der Waals surface area contributed by atoms with E-state index in [1.807, 2.05) is 7.05 Å². The number of nitrogens with one attached hydrogen (secondary N) is 1. The smallest absolute Gasteiger partial charge is 0.226 e. The van der Waals surface area contributed by atoms with E-state index in [-0.39, 0.29) is 40.9 Å². The van der Waals surface area contributed by atoms with Gasteiger partial charge in [-0.1, -0.05) is 12.8 Å². The molecule has 1 spiro atoms. The molecule has 1 heterocycles. The molecule has 0 aromatic carbocycles. The third-order valence-electron chi connectivity index (χ3n) is 6.15. The van der Waals surface area contributed by atoms with Gasteiger partial charge < -0.3 is 10.2 Å². The van der Waals surface area contributed by atoms with Crippen molar-refractivity contribution in [3.63, 3.8) is 0 Å². The number of rotatable bonds is 3. The topological polar surface area (TPSA) is 66.5 Å². The van der Waals surface area contributed by atoms with E-state index in [0.717, 1.165) is 51.6 Å². The number of nitrogens with zero attached hydrogens (tertiary/aromatic N) is 1. The first-order valence-corrected chi connectivity index (χ1v) is 10.5. The van der Waals surface area contributed by atoms with Gasteiger partial charge in [-0.2, -0.15) is 0 Å². The van der Waals surface area contributed by atoms with E-state index in [4.69, 9.17) is 0 Å². The molecule has 2 saturated carbocycles. The van der Waals surface area contributed by atoms with Gasteiger partial charge in [-0.3, -0.25) is 4.79 Å². The number of carbonyl (C=O) groups excluding carboxylic acids is 1. The Labute approximate surface area is 145 Å². The first-order valence-electron chi connectivity index (χ1n) is 8.51. The maximum Gasteiger partial charge on any atom is 0.226 e. The number of sulfone groups is 1. The number of piperidine rings is 1. The molecule has 7 heteroatoms. The molecule has 0 radical (unpaired) electrons. The van der Waals surface area contributed by atoms with E-state index in [0.29, 0.717) is 6.42 Å². The van der Waals surface area contributed by atoms with Crippen molar-refractivity contribution in [3.05, 3.63) is 0 Å². The Bertz CT molecular complexity index is 546. The van der Waals surface area contributed by atoms with Crippen molar-refractivity contribution >= 4 is 28.2 Å². The summed E-state index contributed by atoms with van der Waals surface area (Å²) in [6.07, 6.45) is 7.97. The highest BCUT2D eigenvalue weighted by molar-refractivity contribution is 7.91. The van der Waals surface area contributed by atoms with Crippen LogP contribution < -0.4 is 5.32 Å². The second-order valence-electron chi connectivity index (χ2n) is 7.54. The third kappa shape index (κ3) is 3.69. The molecule has 0 aromatic rings. The SMILES string of the molecule is CN(C(=O)C1CC12CCNCC2)C1CCCCC1S(C)(=O)=O.Cl. The van der Waals surface area contributed by atoms with Crippen molar-refractivity contribution in [1.29, 1.82) is 0 Å².